The summed E-state index contributed by atoms with van der Waals surface area (Å²) in [6, 6.07) is 21.7. The van der Waals surface area contributed by atoms with E-state index in [1.165, 1.54) is 0 Å². The molecule has 1 N–H and O–H groups in total. The van der Waals surface area contributed by atoms with Crippen molar-refractivity contribution in [1.82, 2.24) is 0 Å². The van der Waals surface area contributed by atoms with Gasteiger partial charge in [0, 0.05) is 27.4 Å². The van der Waals surface area contributed by atoms with Gasteiger partial charge in [-0.25, -0.2) is 0 Å². The molecule has 0 spiro atoms. The molecule has 3 aromatic rings. The summed E-state index contributed by atoms with van der Waals surface area (Å²) in [5.41, 5.74) is 2.41. The van der Waals surface area contributed by atoms with Gasteiger partial charge in [0.25, 0.3) is 11.8 Å². The lowest BCUT2D eigenvalue weighted by Crippen LogP contribution is -2.26. The van der Waals surface area contributed by atoms with Gasteiger partial charge in [0.15, 0.2) is 0 Å². The van der Waals surface area contributed by atoms with Crippen LogP contribution in [0.3, 0.4) is 0 Å². The molecule has 136 valence electrons. The number of hydrogen-bond donors (Lipinski definition) is 1. The third kappa shape index (κ3) is 4.46. The fourth-order valence-electron chi connectivity index (χ4n) is 2.57. The molecule has 0 atom stereocenters. The molecule has 0 aliphatic heterocycles. The maximum absolute atomic E-state index is 12.8. The summed E-state index contributed by atoms with van der Waals surface area (Å²) in [6.45, 7) is 0. The second-order valence-corrected chi connectivity index (χ2v) is 7.54. The lowest BCUT2D eigenvalue weighted by atomic mass is 10.1. The van der Waals surface area contributed by atoms with Gasteiger partial charge in [0.05, 0.1) is 11.1 Å². The Kier molecular flexibility index (Phi) is 6.08. The predicted molar refractivity (Wildman–Crippen MR) is 115 cm³/mol. The van der Waals surface area contributed by atoms with E-state index < -0.39 is 0 Å². The van der Waals surface area contributed by atoms with Gasteiger partial charge >= 0.3 is 0 Å². The molecule has 0 saturated carbocycles. The van der Waals surface area contributed by atoms with Gasteiger partial charge in [-0.1, -0.05) is 30.3 Å². The SMILES string of the molecule is CN(C(=O)c1ccccc1Br)c1cccc(NC(=O)c2ccccc2Br)c1. The zero-order chi connectivity index (χ0) is 19.4. The highest BCUT2D eigenvalue weighted by molar-refractivity contribution is 9.10. The van der Waals surface area contributed by atoms with Gasteiger partial charge in [-0.05, 0) is 74.3 Å². The van der Waals surface area contributed by atoms with Crippen molar-refractivity contribution in [2.24, 2.45) is 0 Å². The third-order valence-electron chi connectivity index (χ3n) is 4.02. The van der Waals surface area contributed by atoms with E-state index in [-0.39, 0.29) is 11.8 Å². The molecule has 3 aromatic carbocycles. The zero-order valence-corrected chi connectivity index (χ0v) is 17.6. The van der Waals surface area contributed by atoms with Crippen molar-refractivity contribution >= 4 is 55.0 Å². The number of hydrogen-bond acceptors (Lipinski definition) is 2. The Morgan fingerprint density at radius 1 is 0.815 bits per heavy atom. The van der Waals surface area contributed by atoms with Crippen LogP contribution in [0.2, 0.25) is 0 Å². The highest BCUT2D eigenvalue weighted by Crippen LogP contribution is 2.24. The summed E-state index contributed by atoms with van der Waals surface area (Å²) in [5, 5.41) is 2.87. The topological polar surface area (TPSA) is 49.4 Å². The molecular formula is C21H16Br2N2O2. The molecule has 0 heterocycles. The molecular weight excluding hydrogens is 472 g/mol. The molecule has 0 radical (unpaired) electrons. The second-order valence-electron chi connectivity index (χ2n) is 5.83. The zero-order valence-electron chi connectivity index (χ0n) is 14.4. The van der Waals surface area contributed by atoms with Crippen LogP contribution in [0.5, 0.6) is 0 Å². The minimum absolute atomic E-state index is 0.142. The minimum Gasteiger partial charge on any atom is -0.322 e. The largest absolute Gasteiger partial charge is 0.322 e. The van der Waals surface area contributed by atoms with Crippen molar-refractivity contribution in [1.29, 1.82) is 0 Å². The molecule has 0 aliphatic rings. The molecule has 27 heavy (non-hydrogen) atoms. The average Bonchev–Trinajstić information content (AvgIpc) is 2.67. The van der Waals surface area contributed by atoms with Crippen LogP contribution < -0.4 is 10.2 Å². The van der Waals surface area contributed by atoms with Crippen LogP contribution in [-0.2, 0) is 0 Å². The number of amides is 2. The Balaban J connectivity index is 1.81. The molecule has 2 amide bonds. The first-order chi connectivity index (χ1) is 13.0. The number of halogens is 2. The normalized spacial score (nSPS) is 10.3. The van der Waals surface area contributed by atoms with Crippen LogP contribution in [0.4, 0.5) is 11.4 Å². The van der Waals surface area contributed by atoms with Crippen molar-refractivity contribution in [3.05, 3.63) is 92.9 Å². The Hall–Kier alpha value is -2.44. The van der Waals surface area contributed by atoms with Gasteiger partial charge in [0.1, 0.15) is 0 Å². The van der Waals surface area contributed by atoms with Gasteiger partial charge < -0.3 is 10.2 Å². The van der Waals surface area contributed by atoms with Gasteiger partial charge in [-0.2, -0.15) is 0 Å². The predicted octanol–water partition coefficient (Wildman–Crippen LogP) is 5.74. The molecule has 0 bridgehead atoms. The van der Waals surface area contributed by atoms with Crippen molar-refractivity contribution in [2.75, 3.05) is 17.3 Å². The Labute approximate surface area is 174 Å². The Morgan fingerprint density at radius 3 is 2.04 bits per heavy atom. The highest BCUT2D eigenvalue weighted by atomic mass is 79.9. The summed E-state index contributed by atoms with van der Waals surface area (Å²) >= 11 is 6.79. The molecule has 0 unspecified atom stereocenters. The van der Waals surface area contributed by atoms with E-state index in [0.29, 0.717) is 22.5 Å². The van der Waals surface area contributed by atoms with E-state index in [1.807, 2.05) is 36.4 Å². The molecule has 0 aliphatic carbocycles. The van der Waals surface area contributed by atoms with Gasteiger partial charge in [-0.15, -0.1) is 0 Å². The minimum atomic E-state index is -0.223. The van der Waals surface area contributed by atoms with E-state index in [4.69, 9.17) is 0 Å². The summed E-state index contributed by atoms with van der Waals surface area (Å²) < 4.78 is 1.46. The second kappa shape index (κ2) is 8.50. The van der Waals surface area contributed by atoms with Crippen LogP contribution in [-0.4, -0.2) is 18.9 Å². The van der Waals surface area contributed by atoms with Crippen molar-refractivity contribution in [3.8, 4) is 0 Å². The number of carbonyl (C=O) groups is 2. The third-order valence-corrected chi connectivity index (χ3v) is 5.40. The number of nitrogens with one attached hydrogen (secondary N) is 1. The number of nitrogens with zero attached hydrogens (tertiary/aromatic N) is 1. The van der Waals surface area contributed by atoms with Gasteiger partial charge in [0.2, 0.25) is 0 Å². The first kappa shape index (κ1) is 19.3. The van der Waals surface area contributed by atoms with Crippen molar-refractivity contribution in [2.45, 2.75) is 0 Å². The molecule has 0 saturated heterocycles. The summed E-state index contributed by atoms with van der Waals surface area (Å²) in [6.07, 6.45) is 0. The van der Waals surface area contributed by atoms with Crippen LogP contribution >= 0.6 is 31.9 Å². The fraction of sp³-hybridized carbons (Fsp3) is 0.0476. The average molecular weight is 488 g/mol. The molecule has 4 nitrogen and oxygen atoms in total. The number of rotatable bonds is 4. The van der Waals surface area contributed by atoms with E-state index in [9.17, 15) is 9.59 Å². The number of anilines is 2. The van der Waals surface area contributed by atoms with E-state index >= 15 is 0 Å². The number of carbonyl (C=O) groups excluding carboxylic acids is 2. The lowest BCUT2D eigenvalue weighted by molar-refractivity contribution is 0.0990. The van der Waals surface area contributed by atoms with Crippen LogP contribution in [0, 0.1) is 0 Å². The first-order valence-corrected chi connectivity index (χ1v) is 9.74. The van der Waals surface area contributed by atoms with E-state index in [2.05, 4.69) is 37.2 Å². The highest BCUT2D eigenvalue weighted by Gasteiger charge is 2.17. The van der Waals surface area contributed by atoms with Crippen LogP contribution in [0.25, 0.3) is 0 Å². The van der Waals surface area contributed by atoms with Gasteiger partial charge in [-0.3, -0.25) is 9.59 Å². The Bertz CT molecular complexity index is 1000. The molecule has 0 aromatic heterocycles. The smallest absolute Gasteiger partial charge is 0.259 e. The van der Waals surface area contributed by atoms with E-state index in [1.54, 1.807) is 48.3 Å². The summed E-state index contributed by atoms with van der Waals surface area (Å²) in [4.78, 5) is 26.8. The van der Waals surface area contributed by atoms with Crippen molar-refractivity contribution in [3.63, 3.8) is 0 Å². The van der Waals surface area contributed by atoms with Crippen molar-refractivity contribution < 1.29 is 9.59 Å². The first-order valence-electron chi connectivity index (χ1n) is 8.16. The summed E-state index contributed by atoms with van der Waals surface area (Å²) in [7, 11) is 1.70. The lowest BCUT2D eigenvalue weighted by Gasteiger charge is -2.19. The van der Waals surface area contributed by atoms with Crippen LogP contribution in [0.1, 0.15) is 20.7 Å². The standard InChI is InChI=1S/C21H16Br2N2O2/c1-25(21(27)17-10-3-5-12-19(17)23)15-8-6-7-14(13-15)24-20(26)16-9-2-4-11-18(16)22/h2-13H,1H3,(H,24,26). The monoisotopic (exact) mass is 486 g/mol. The molecule has 0 fully saturated rings. The maximum Gasteiger partial charge on any atom is 0.259 e. The summed E-state index contributed by atoms with van der Waals surface area (Å²) in [5.74, 6) is -0.365. The van der Waals surface area contributed by atoms with E-state index in [0.717, 1.165) is 8.95 Å². The molecule has 6 heteroatoms. The molecule has 3 rings (SSSR count). The Morgan fingerprint density at radius 2 is 1.41 bits per heavy atom. The maximum atomic E-state index is 12.8. The number of benzene rings is 3. The van der Waals surface area contributed by atoms with Crippen LogP contribution in [0.15, 0.2) is 81.7 Å². The quantitative estimate of drug-likeness (QED) is 0.510. The fourth-order valence-corrected chi connectivity index (χ4v) is 3.49.